The first-order valence-corrected chi connectivity index (χ1v) is 10.5. The van der Waals surface area contributed by atoms with Gasteiger partial charge in [0.1, 0.15) is 0 Å². The number of hydrogen-bond acceptors (Lipinski definition) is 5. The van der Waals surface area contributed by atoms with Crippen LogP contribution in [0.3, 0.4) is 0 Å². The van der Waals surface area contributed by atoms with Crippen LogP contribution in [0.4, 0.5) is 0 Å². The molecule has 5 rings (SSSR count). The lowest BCUT2D eigenvalue weighted by Crippen LogP contribution is -2.31. The van der Waals surface area contributed by atoms with Crippen molar-refractivity contribution in [2.45, 2.75) is 44.8 Å². The smallest absolute Gasteiger partial charge is 0.274 e. The molecule has 0 N–H and O–H groups in total. The molecule has 4 heterocycles. The van der Waals surface area contributed by atoms with Gasteiger partial charge in [-0.3, -0.25) is 18.8 Å². The molecule has 142 valence electrons. The van der Waals surface area contributed by atoms with Gasteiger partial charge in [-0.05, 0) is 25.7 Å². The van der Waals surface area contributed by atoms with Gasteiger partial charge in [-0.25, -0.2) is 4.98 Å². The zero-order chi connectivity index (χ0) is 18.4. The lowest BCUT2D eigenvalue weighted by Gasteiger charge is -2.22. The minimum atomic E-state index is 0.0931. The van der Waals surface area contributed by atoms with Crippen LogP contribution in [0, 0.1) is 0 Å². The summed E-state index contributed by atoms with van der Waals surface area (Å²) in [6, 6.07) is 0.587. The lowest BCUT2D eigenvalue weighted by molar-refractivity contribution is 0.0784. The first-order chi connectivity index (χ1) is 13.2. The van der Waals surface area contributed by atoms with Crippen LogP contribution in [0.5, 0.6) is 0 Å². The predicted molar refractivity (Wildman–Crippen MR) is 104 cm³/mol. The van der Waals surface area contributed by atoms with Crippen molar-refractivity contribution >= 4 is 22.2 Å². The van der Waals surface area contributed by atoms with Gasteiger partial charge in [-0.1, -0.05) is 0 Å². The van der Waals surface area contributed by atoms with Crippen molar-refractivity contribution < 1.29 is 4.79 Å². The van der Waals surface area contributed by atoms with E-state index in [1.165, 1.54) is 18.4 Å². The number of rotatable bonds is 6. The number of carbonyl (C=O) groups excluding carboxylic acids is 1. The number of nitrogens with zero attached hydrogens (tertiary/aromatic N) is 6. The largest absolute Gasteiger partial charge is 0.337 e. The molecule has 0 atom stereocenters. The minimum absolute atomic E-state index is 0.0931. The number of aromatic nitrogens is 4. The third kappa shape index (κ3) is 3.27. The van der Waals surface area contributed by atoms with Crippen molar-refractivity contribution in [3.63, 3.8) is 0 Å². The maximum Gasteiger partial charge on any atom is 0.274 e. The number of hydrogen-bond donors (Lipinski definition) is 0. The third-order valence-electron chi connectivity index (χ3n) is 5.52. The summed E-state index contributed by atoms with van der Waals surface area (Å²) < 4.78 is 3.95. The Kier molecular flexibility index (Phi) is 4.24. The molecule has 0 unspecified atom stereocenters. The van der Waals surface area contributed by atoms with Crippen molar-refractivity contribution in [2.24, 2.45) is 7.05 Å². The third-order valence-corrected chi connectivity index (χ3v) is 6.27. The Morgan fingerprint density at radius 2 is 2.11 bits per heavy atom. The quantitative estimate of drug-likeness (QED) is 0.655. The van der Waals surface area contributed by atoms with E-state index in [4.69, 9.17) is 4.98 Å². The summed E-state index contributed by atoms with van der Waals surface area (Å²) in [5.41, 5.74) is 2.88. The maximum absolute atomic E-state index is 13.1. The van der Waals surface area contributed by atoms with Crippen LogP contribution in [-0.2, 0) is 20.1 Å². The van der Waals surface area contributed by atoms with Gasteiger partial charge >= 0.3 is 0 Å². The number of thiazole rings is 1. The number of fused-ring (bicyclic) bond motifs is 1. The molecule has 1 amide bonds. The highest BCUT2D eigenvalue weighted by Crippen LogP contribution is 2.31. The summed E-state index contributed by atoms with van der Waals surface area (Å²) in [6.07, 6.45) is 10.7. The molecule has 0 spiro atoms. The van der Waals surface area contributed by atoms with Gasteiger partial charge in [0.15, 0.2) is 10.7 Å². The maximum atomic E-state index is 13.1. The average molecular weight is 385 g/mol. The molecular weight excluding hydrogens is 360 g/mol. The molecule has 3 aromatic heterocycles. The highest BCUT2D eigenvalue weighted by molar-refractivity contribution is 7.15. The molecule has 0 aromatic carbocycles. The highest BCUT2D eigenvalue weighted by Gasteiger charge is 2.33. The SMILES string of the molecule is Cn1cc(CN(Cc2c(C(=O)N3CCCC3)nc3sccn23)C2CC2)cn1. The van der Waals surface area contributed by atoms with E-state index in [1.807, 2.05) is 34.4 Å². The van der Waals surface area contributed by atoms with Crippen LogP contribution in [-0.4, -0.2) is 54.0 Å². The molecular formula is C19H24N6OS. The van der Waals surface area contributed by atoms with Gasteiger partial charge in [-0.15, -0.1) is 11.3 Å². The molecule has 3 aromatic rings. The Hall–Kier alpha value is -2.19. The van der Waals surface area contributed by atoms with E-state index in [1.54, 1.807) is 11.3 Å². The first-order valence-electron chi connectivity index (χ1n) is 9.64. The van der Waals surface area contributed by atoms with Gasteiger partial charge in [0.25, 0.3) is 5.91 Å². The summed E-state index contributed by atoms with van der Waals surface area (Å²) in [6.45, 7) is 3.30. The molecule has 0 bridgehead atoms. The number of likely N-dealkylation sites (tertiary alicyclic amines) is 1. The molecule has 8 heteroatoms. The zero-order valence-corrected chi connectivity index (χ0v) is 16.4. The summed E-state index contributed by atoms with van der Waals surface area (Å²) in [7, 11) is 1.95. The Labute approximate surface area is 162 Å². The van der Waals surface area contributed by atoms with E-state index in [0.29, 0.717) is 11.7 Å². The van der Waals surface area contributed by atoms with Crippen molar-refractivity contribution in [3.8, 4) is 0 Å². The van der Waals surface area contributed by atoms with Crippen LogP contribution in [0.25, 0.3) is 4.96 Å². The van der Waals surface area contributed by atoms with E-state index >= 15 is 0 Å². The number of aryl methyl sites for hydroxylation is 1. The molecule has 1 aliphatic carbocycles. The minimum Gasteiger partial charge on any atom is -0.337 e. The van der Waals surface area contributed by atoms with Gasteiger partial charge in [0, 0.05) is 62.6 Å². The normalized spacial score (nSPS) is 17.5. The number of amides is 1. The summed E-state index contributed by atoms with van der Waals surface area (Å²) in [5, 5.41) is 6.34. The fourth-order valence-corrected chi connectivity index (χ4v) is 4.69. The summed E-state index contributed by atoms with van der Waals surface area (Å²) in [4.78, 5) is 23.1. The number of imidazole rings is 1. The fraction of sp³-hybridized carbons (Fsp3) is 0.526. The predicted octanol–water partition coefficient (Wildman–Crippen LogP) is 2.53. The van der Waals surface area contributed by atoms with Crippen LogP contribution < -0.4 is 0 Å². The molecule has 1 aliphatic heterocycles. The second kappa shape index (κ2) is 6.76. The van der Waals surface area contributed by atoms with Crippen molar-refractivity contribution in [1.82, 2.24) is 29.0 Å². The molecule has 27 heavy (non-hydrogen) atoms. The van der Waals surface area contributed by atoms with E-state index < -0.39 is 0 Å². The van der Waals surface area contributed by atoms with Crippen LogP contribution in [0.15, 0.2) is 24.0 Å². The van der Waals surface area contributed by atoms with Crippen LogP contribution in [0.2, 0.25) is 0 Å². The summed E-state index contributed by atoms with van der Waals surface area (Å²) in [5.74, 6) is 0.0931. The second-order valence-corrected chi connectivity index (χ2v) is 8.49. The van der Waals surface area contributed by atoms with Gasteiger partial charge < -0.3 is 4.90 Å². The molecule has 7 nitrogen and oxygen atoms in total. The van der Waals surface area contributed by atoms with Crippen LogP contribution in [0.1, 0.15) is 47.4 Å². The Morgan fingerprint density at radius 3 is 2.81 bits per heavy atom. The standard InChI is InChI=1S/C19H24N6OS/c1-22-11-14(10-20-22)12-24(15-4-5-15)13-16-17(18(26)23-6-2-3-7-23)21-19-25(16)8-9-27-19/h8-11,15H,2-7,12-13H2,1H3. The molecule has 1 saturated heterocycles. The van der Waals surface area contributed by atoms with Crippen molar-refractivity contribution in [3.05, 3.63) is 40.9 Å². The van der Waals surface area contributed by atoms with Crippen molar-refractivity contribution in [1.29, 1.82) is 0 Å². The highest BCUT2D eigenvalue weighted by atomic mass is 32.1. The monoisotopic (exact) mass is 384 g/mol. The summed E-state index contributed by atoms with van der Waals surface area (Å²) >= 11 is 1.59. The Balaban J connectivity index is 1.46. The number of carbonyl (C=O) groups is 1. The molecule has 1 saturated carbocycles. The average Bonchev–Trinajstić information content (AvgIpc) is 3.05. The molecule has 0 radical (unpaired) electrons. The van der Waals surface area contributed by atoms with Crippen molar-refractivity contribution in [2.75, 3.05) is 13.1 Å². The van der Waals surface area contributed by atoms with Gasteiger partial charge in [0.05, 0.1) is 11.9 Å². The first kappa shape index (κ1) is 16.9. The second-order valence-electron chi connectivity index (χ2n) is 7.62. The Bertz CT molecular complexity index is 962. The van der Waals surface area contributed by atoms with Crippen LogP contribution >= 0.6 is 11.3 Å². The molecule has 2 aliphatic rings. The van der Waals surface area contributed by atoms with Gasteiger partial charge in [-0.2, -0.15) is 5.10 Å². The van der Waals surface area contributed by atoms with E-state index in [9.17, 15) is 4.79 Å². The lowest BCUT2D eigenvalue weighted by atomic mass is 10.2. The zero-order valence-electron chi connectivity index (χ0n) is 15.5. The van der Waals surface area contributed by atoms with E-state index in [2.05, 4.69) is 20.6 Å². The molecule has 2 fully saturated rings. The van der Waals surface area contributed by atoms with E-state index in [0.717, 1.165) is 49.7 Å². The van der Waals surface area contributed by atoms with Gasteiger partial charge in [0.2, 0.25) is 0 Å². The Morgan fingerprint density at radius 1 is 1.30 bits per heavy atom. The fourth-order valence-electron chi connectivity index (χ4n) is 3.96. The van der Waals surface area contributed by atoms with E-state index in [-0.39, 0.29) is 5.91 Å². The topological polar surface area (TPSA) is 58.7 Å².